The molecule has 116 valence electrons. The standard InChI is InChI=1S/C10H15.C9H7.2BrH.Ti/c1-6-7(2)9(4)10(5)8(6)3;1-2-5-9-7-3-6-8(9)4-1;;;/h1-5H3;1-7H;2*1H;/q2*-1;;;+4/p-2. The van der Waals surface area contributed by atoms with Crippen LogP contribution in [0.5, 0.6) is 0 Å². The third-order valence-electron chi connectivity index (χ3n) is 4.36. The monoisotopic (exact) mass is 456 g/mol. The van der Waals surface area contributed by atoms with Gasteiger partial charge in [0.1, 0.15) is 0 Å². The van der Waals surface area contributed by atoms with Gasteiger partial charge in [0.15, 0.2) is 0 Å². The minimum Gasteiger partial charge on any atom is -1.00 e. The maximum Gasteiger partial charge on any atom is 4.00 e. The van der Waals surface area contributed by atoms with Crippen molar-refractivity contribution in [1.82, 2.24) is 0 Å². The van der Waals surface area contributed by atoms with Crippen molar-refractivity contribution >= 4 is 10.8 Å². The van der Waals surface area contributed by atoms with Crippen LogP contribution in [0.25, 0.3) is 10.8 Å². The SMILES string of the molecule is Cc1c(C)c(C)[c-](C)c1C.[Br-].[Br-].[Ti+4].c1ccc2[cH-]ccc2c1. The van der Waals surface area contributed by atoms with Crippen LogP contribution in [-0.2, 0) is 21.7 Å². The summed E-state index contributed by atoms with van der Waals surface area (Å²) >= 11 is 0. The minimum atomic E-state index is 0. The van der Waals surface area contributed by atoms with Crippen LogP contribution in [0.15, 0.2) is 42.5 Å². The molecule has 22 heavy (non-hydrogen) atoms. The quantitative estimate of drug-likeness (QED) is 0.316. The summed E-state index contributed by atoms with van der Waals surface area (Å²) in [5.74, 6) is 0. The van der Waals surface area contributed by atoms with Gasteiger partial charge in [-0.3, -0.25) is 0 Å². The molecule has 0 bridgehead atoms. The number of rotatable bonds is 0. The minimum absolute atomic E-state index is 0. The molecule has 0 unspecified atom stereocenters. The Labute approximate surface area is 170 Å². The van der Waals surface area contributed by atoms with Gasteiger partial charge in [-0.05, 0) is 0 Å². The maximum absolute atomic E-state index is 2.20. The molecular formula is C19H22Br2Ti. The zero-order valence-electron chi connectivity index (χ0n) is 13.8. The fourth-order valence-electron chi connectivity index (χ4n) is 2.48. The second-order valence-corrected chi connectivity index (χ2v) is 5.28. The number of hydrogen-bond acceptors (Lipinski definition) is 0. The normalized spacial score (nSPS) is 8.95. The van der Waals surface area contributed by atoms with E-state index in [2.05, 4.69) is 77.1 Å². The molecule has 3 aromatic rings. The average Bonchev–Trinajstić information content (AvgIpc) is 2.97. The van der Waals surface area contributed by atoms with Gasteiger partial charge in [0.05, 0.1) is 0 Å². The van der Waals surface area contributed by atoms with E-state index in [4.69, 9.17) is 0 Å². The van der Waals surface area contributed by atoms with Gasteiger partial charge in [0.2, 0.25) is 0 Å². The topological polar surface area (TPSA) is 0 Å². The van der Waals surface area contributed by atoms with Crippen molar-refractivity contribution < 1.29 is 55.7 Å². The average molecular weight is 458 g/mol. The molecule has 0 aliphatic carbocycles. The molecule has 0 spiro atoms. The Hall–Kier alpha value is -0.146. The fraction of sp³-hybridized carbons (Fsp3) is 0.263. The third kappa shape index (κ3) is 5.20. The third-order valence-corrected chi connectivity index (χ3v) is 4.36. The van der Waals surface area contributed by atoms with Crippen molar-refractivity contribution in [1.29, 1.82) is 0 Å². The predicted molar refractivity (Wildman–Crippen MR) is 85.3 cm³/mol. The predicted octanol–water partition coefficient (Wildman–Crippen LogP) is -0.488. The zero-order chi connectivity index (χ0) is 14.0. The van der Waals surface area contributed by atoms with Crippen LogP contribution < -0.4 is 34.0 Å². The first-order chi connectivity index (χ1) is 9.02. The first-order valence-electron chi connectivity index (χ1n) is 6.82. The second kappa shape index (κ2) is 10.6. The van der Waals surface area contributed by atoms with Crippen LogP contribution in [-0.4, -0.2) is 0 Å². The van der Waals surface area contributed by atoms with Crippen molar-refractivity contribution in [2.75, 3.05) is 0 Å². The van der Waals surface area contributed by atoms with E-state index in [9.17, 15) is 0 Å². The first-order valence-corrected chi connectivity index (χ1v) is 6.82. The maximum atomic E-state index is 2.20. The molecule has 0 atom stereocenters. The summed E-state index contributed by atoms with van der Waals surface area (Å²) in [5, 5.41) is 2.66. The Morgan fingerprint density at radius 2 is 1.32 bits per heavy atom. The van der Waals surface area contributed by atoms with E-state index in [1.165, 1.54) is 38.6 Å². The van der Waals surface area contributed by atoms with Crippen LogP contribution in [0.3, 0.4) is 0 Å². The van der Waals surface area contributed by atoms with Gasteiger partial charge in [-0.1, -0.05) is 40.7 Å². The first kappa shape index (κ1) is 24.1. The molecule has 0 fully saturated rings. The van der Waals surface area contributed by atoms with Crippen molar-refractivity contribution in [2.24, 2.45) is 0 Å². The zero-order valence-corrected chi connectivity index (χ0v) is 18.5. The van der Waals surface area contributed by atoms with Crippen LogP contribution in [0.1, 0.15) is 27.8 Å². The summed E-state index contributed by atoms with van der Waals surface area (Å²) in [4.78, 5) is 0. The summed E-state index contributed by atoms with van der Waals surface area (Å²) in [6.07, 6.45) is 0. The molecule has 0 N–H and O–H groups in total. The largest absolute Gasteiger partial charge is 4.00 e. The molecule has 0 nitrogen and oxygen atoms in total. The number of hydrogen-bond donors (Lipinski definition) is 0. The number of fused-ring (bicyclic) bond motifs is 1. The van der Waals surface area contributed by atoms with Gasteiger partial charge < -0.3 is 34.0 Å². The summed E-state index contributed by atoms with van der Waals surface area (Å²) in [6, 6.07) is 14.7. The van der Waals surface area contributed by atoms with E-state index in [-0.39, 0.29) is 55.7 Å². The van der Waals surface area contributed by atoms with Gasteiger partial charge in [0, 0.05) is 0 Å². The molecule has 0 heterocycles. The Morgan fingerprint density at radius 3 is 1.73 bits per heavy atom. The van der Waals surface area contributed by atoms with E-state index in [1.54, 1.807) is 0 Å². The summed E-state index contributed by atoms with van der Waals surface area (Å²) in [7, 11) is 0. The van der Waals surface area contributed by atoms with E-state index in [0.29, 0.717) is 0 Å². The molecule has 0 saturated carbocycles. The molecule has 3 aromatic carbocycles. The van der Waals surface area contributed by atoms with Gasteiger partial charge in [0.25, 0.3) is 0 Å². The molecule has 0 aliphatic heterocycles. The molecule has 0 saturated heterocycles. The second-order valence-electron chi connectivity index (χ2n) is 5.28. The molecular weight excluding hydrogens is 436 g/mol. The van der Waals surface area contributed by atoms with E-state index in [0.717, 1.165) is 0 Å². The van der Waals surface area contributed by atoms with Gasteiger partial charge in [-0.15, -0.1) is 29.7 Å². The molecule has 0 amide bonds. The van der Waals surface area contributed by atoms with Crippen molar-refractivity contribution in [3.8, 4) is 0 Å². The molecule has 3 rings (SSSR count). The van der Waals surface area contributed by atoms with Gasteiger partial charge >= 0.3 is 21.7 Å². The summed E-state index contributed by atoms with van der Waals surface area (Å²) in [5.41, 5.74) is 7.34. The van der Waals surface area contributed by atoms with E-state index in [1.807, 2.05) is 0 Å². The van der Waals surface area contributed by atoms with Crippen molar-refractivity contribution in [3.63, 3.8) is 0 Å². The molecule has 3 heteroatoms. The Bertz CT molecular complexity index is 582. The van der Waals surface area contributed by atoms with Crippen LogP contribution >= 0.6 is 0 Å². The van der Waals surface area contributed by atoms with Crippen LogP contribution in [0, 0.1) is 34.6 Å². The molecule has 0 aromatic heterocycles. The Kier molecular flexibility index (Phi) is 11.6. The van der Waals surface area contributed by atoms with E-state index < -0.39 is 0 Å². The van der Waals surface area contributed by atoms with Crippen molar-refractivity contribution in [2.45, 2.75) is 34.6 Å². The summed E-state index contributed by atoms with van der Waals surface area (Å²) < 4.78 is 0. The van der Waals surface area contributed by atoms with Gasteiger partial charge in [-0.25, -0.2) is 0 Å². The number of benzene rings is 1. The fourth-order valence-corrected chi connectivity index (χ4v) is 2.48. The number of halogens is 2. The smallest absolute Gasteiger partial charge is 1.00 e. The Balaban J connectivity index is 0. The Morgan fingerprint density at radius 1 is 0.818 bits per heavy atom. The summed E-state index contributed by atoms with van der Waals surface area (Å²) in [6.45, 7) is 11.0. The van der Waals surface area contributed by atoms with Crippen molar-refractivity contribution in [3.05, 3.63) is 70.3 Å². The van der Waals surface area contributed by atoms with Crippen LogP contribution in [0.2, 0.25) is 0 Å². The molecule has 0 radical (unpaired) electrons. The van der Waals surface area contributed by atoms with Gasteiger partial charge in [-0.2, -0.15) is 45.3 Å². The van der Waals surface area contributed by atoms with E-state index >= 15 is 0 Å². The van der Waals surface area contributed by atoms with Crippen LogP contribution in [0.4, 0.5) is 0 Å². The molecule has 0 aliphatic rings.